The number of anilines is 1. The number of carbonyl (C=O) groups excluding carboxylic acids is 1. The maximum absolute atomic E-state index is 12.1. The van der Waals surface area contributed by atoms with Crippen LogP contribution in [0, 0.1) is 0 Å². The first kappa shape index (κ1) is 16.8. The quantitative estimate of drug-likeness (QED) is 0.818. The molecule has 1 N–H and O–H groups in total. The predicted molar refractivity (Wildman–Crippen MR) is 91.3 cm³/mol. The summed E-state index contributed by atoms with van der Waals surface area (Å²) in [7, 11) is 3.50. The molecule has 1 aromatic heterocycles. The van der Waals surface area contributed by atoms with Gasteiger partial charge in [-0.3, -0.25) is 15.0 Å². The van der Waals surface area contributed by atoms with Gasteiger partial charge in [0.25, 0.3) is 0 Å². The minimum Gasteiger partial charge on any atom is -0.488 e. The van der Waals surface area contributed by atoms with Crippen LogP contribution in [0.3, 0.4) is 0 Å². The largest absolute Gasteiger partial charge is 0.488 e. The molecule has 1 atom stereocenters. The van der Waals surface area contributed by atoms with Crippen LogP contribution in [0.25, 0.3) is 0 Å². The Morgan fingerprint density at radius 2 is 2.29 bits per heavy atom. The third-order valence-corrected chi connectivity index (χ3v) is 4.44. The van der Waals surface area contributed by atoms with E-state index in [1.54, 1.807) is 7.11 Å². The van der Waals surface area contributed by atoms with E-state index in [2.05, 4.69) is 21.6 Å². The van der Waals surface area contributed by atoms with Crippen molar-refractivity contribution in [2.75, 3.05) is 32.6 Å². The van der Waals surface area contributed by atoms with E-state index in [0.29, 0.717) is 18.3 Å². The highest BCUT2D eigenvalue weighted by molar-refractivity contribution is 7.15. The van der Waals surface area contributed by atoms with Gasteiger partial charge >= 0.3 is 0 Å². The average molecular weight is 348 g/mol. The van der Waals surface area contributed by atoms with Crippen LogP contribution >= 0.6 is 11.3 Å². The number of para-hydroxylation sites is 1. The number of rotatable bonds is 7. The van der Waals surface area contributed by atoms with Crippen LogP contribution < -0.4 is 10.1 Å². The Hall–Kier alpha value is -2.03. The number of likely N-dealkylation sites (N-methyl/N-ethyl adjacent to an activating group) is 1. The van der Waals surface area contributed by atoms with Crippen LogP contribution in [0.2, 0.25) is 0 Å². The zero-order valence-electron chi connectivity index (χ0n) is 13.7. The van der Waals surface area contributed by atoms with Crippen molar-refractivity contribution in [2.24, 2.45) is 0 Å². The fourth-order valence-corrected chi connectivity index (χ4v) is 3.39. The van der Waals surface area contributed by atoms with Crippen LogP contribution in [0.4, 0.5) is 5.13 Å². The van der Waals surface area contributed by atoms with Crippen LogP contribution in [0.1, 0.15) is 10.6 Å². The van der Waals surface area contributed by atoms with Crippen molar-refractivity contribution in [3.8, 4) is 5.75 Å². The second-order valence-electron chi connectivity index (χ2n) is 5.73. The van der Waals surface area contributed by atoms with Gasteiger partial charge in [-0.15, -0.1) is 10.2 Å². The fourth-order valence-electron chi connectivity index (χ4n) is 2.66. The van der Waals surface area contributed by atoms with E-state index in [-0.39, 0.29) is 18.6 Å². The van der Waals surface area contributed by atoms with Gasteiger partial charge in [-0.2, -0.15) is 0 Å². The molecular formula is C16H20N4O3S. The predicted octanol–water partition coefficient (Wildman–Crippen LogP) is 1.56. The lowest BCUT2D eigenvalue weighted by Crippen LogP contribution is -2.37. The number of amides is 1. The molecule has 1 aromatic carbocycles. The summed E-state index contributed by atoms with van der Waals surface area (Å²) in [4.78, 5) is 14.0. The first-order valence-corrected chi connectivity index (χ1v) is 8.50. The number of benzene rings is 1. The Bertz CT molecular complexity index is 681. The number of nitrogens with zero attached hydrogens (tertiary/aromatic N) is 3. The molecule has 0 spiro atoms. The summed E-state index contributed by atoms with van der Waals surface area (Å²) < 4.78 is 10.9. The summed E-state index contributed by atoms with van der Waals surface area (Å²) in [5.41, 5.74) is 1.22. The number of nitrogens with one attached hydrogen (secondary N) is 1. The van der Waals surface area contributed by atoms with Crippen molar-refractivity contribution in [3.63, 3.8) is 0 Å². The molecule has 1 amide bonds. The highest BCUT2D eigenvalue weighted by atomic mass is 32.1. The summed E-state index contributed by atoms with van der Waals surface area (Å²) >= 11 is 1.32. The summed E-state index contributed by atoms with van der Waals surface area (Å²) in [6, 6.07) is 8.05. The first-order valence-electron chi connectivity index (χ1n) is 7.68. The number of aromatic nitrogens is 2. The molecule has 0 saturated carbocycles. The number of hydrogen-bond donors (Lipinski definition) is 1. The molecule has 0 fully saturated rings. The van der Waals surface area contributed by atoms with Crippen molar-refractivity contribution in [3.05, 3.63) is 34.8 Å². The standard InChI is InChI=1S/C16H20N4O3S/c1-20(8-12-7-11-5-3-4-6-13(11)23-12)9-14(21)17-16-19-18-15(24-16)10-22-2/h3-6,12H,7-10H2,1-2H3,(H,17,19,21)/t12-/m0/s1. The van der Waals surface area contributed by atoms with Crippen LogP contribution in [-0.2, 0) is 22.6 Å². The van der Waals surface area contributed by atoms with Gasteiger partial charge in [0.2, 0.25) is 11.0 Å². The number of methoxy groups -OCH3 is 1. The lowest BCUT2D eigenvalue weighted by atomic mass is 10.1. The Balaban J connectivity index is 1.45. The van der Waals surface area contributed by atoms with Gasteiger partial charge in [0.1, 0.15) is 23.5 Å². The molecule has 7 nitrogen and oxygen atoms in total. The molecule has 1 aliphatic rings. The molecule has 1 aliphatic heterocycles. The van der Waals surface area contributed by atoms with E-state index in [9.17, 15) is 4.79 Å². The van der Waals surface area contributed by atoms with Gasteiger partial charge < -0.3 is 9.47 Å². The van der Waals surface area contributed by atoms with Crippen LogP contribution in [-0.4, -0.2) is 54.4 Å². The highest BCUT2D eigenvalue weighted by Gasteiger charge is 2.24. The molecule has 2 heterocycles. The van der Waals surface area contributed by atoms with E-state index < -0.39 is 0 Å². The topological polar surface area (TPSA) is 76.6 Å². The number of carbonyl (C=O) groups is 1. The highest BCUT2D eigenvalue weighted by Crippen LogP contribution is 2.28. The minimum atomic E-state index is -0.117. The lowest BCUT2D eigenvalue weighted by Gasteiger charge is -2.19. The molecule has 0 radical (unpaired) electrons. The number of fused-ring (bicyclic) bond motifs is 1. The van der Waals surface area contributed by atoms with Crippen molar-refractivity contribution < 1.29 is 14.3 Å². The molecule has 3 rings (SSSR count). The first-order chi connectivity index (χ1) is 11.6. The van der Waals surface area contributed by atoms with Gasteiger partial charge in [-0.1, -0.05) is 29.5 Å². The van der Waals surface area contributed by atoms with E-state index in [0.717, 1.165) is 17.2 Å². The SMILES string of the molecule is COCc1nnc(NC(=O)CN(C)C[C@@H]2Cc3ccccc3O2)s1. The Labute approximate surface area is 144 Å². The molecule has 8 heteroatoms. The Morgan fingerprint density at radius 1 is 1.46 bits per heavy atom. The minimum absolute atomic E-state index is 0.0787. The maximum Gasteiger partial charge on any atom is 0.240 e. The zero-order chi connectivity index (χ0) is 16.9. The van der Waals surface area contributed by atoms with Crippen molar-refractivity contribution in [1.29, 1.82) is 0 Å². The molecule has 0 unspecified atom stereocenters. The molecule has 24 heavy (non-hydrogen) atoms. The smallest absolute Gasteiger partial charge is 0.240 e. The zero-order valence-corrected chi connectivity index (χ0v) is 14.5. The second kappa shape index (κ2) is 7.69. The van der Waals surface area contributed by atoms with Gasteiger partial charge in [0.05, 0.1) is 6.54 Å². The lowest BCUT2D eigenvalue weighted by molar-refractivity contribution is -0.117. The molecule has 0 aliphatic carbocycles. The Morgan fingerprint density at radius 3 is 3.08 bits per heavy atom. The van der Waals surface area contributed by atoms with E-state index in [1.807, 2.05) is 30.1 Å². The summed E-state index contributed by atoms with van der Waals surface area (Å²) in [5.74, 6) is 0.827. The van der Waals surface area contributed by atoms with E-state index >= 15 is 0 Å². The van der Waals surface area contributed by atoms with Gasteiger partial charge in [0.15, 0.2) is 0 Å². The molecule has 2 aromatic rings. The van der Waals surface area contributed by atoms with Crippen molar-refractivity contribution in [1.82, 2.24) is 15.1 Å². The normalized spacial score (nSPS) is 16.0. The van der Waals surface area contributed by atoms with Crippen LogP contribution in [0.5, 0.6) is 5.75 Å². The summed E-state index contributed by atoms with van der Waals surface area (Å²) in [5, 5.41) is 11.9. The number of ether oxygens (including phenoxy) is 2. The Kier molecular flexibility index (Phi) is 5.39. The number of hydrogen-bond acceptors (Lipinski definition) is 7. The van der Waals surface area contributed by atoms with Crippen LogP contribution in [0.15, 0.2) is 24.3 Å². The van der Waals surface area contributed by atoms with E-state index in [4.69, 9.17) is 9.47 Å². The maximum atomic E-state index is 12.1. The third-order valence-electron chi connectivity index (χ3n) is 3.62. The molecule has 0 saturated heterocycles. The molecule has 128 valence electrons. The monoisotopic (exact) mass is 348 g/mol. The van der Waals surface area contributed by atoms with Gasteiger partial charge in [-0.25, -0.2) is 0 Å². The summed E-state index contributed by atoms with van der Waals surface area (Å²) in [6.07, 6.45) is 0.953. The van der Waals surface area contributed by atoms with E-state index in [1.165, 1.54) is 16.9 Å². The fraction of sp³-hybridized carbons (Fsp3) is 0.438. The molecular weight excluding hydrogens is 328 g/mol. The molecule has 0 bridgehead atoms. The third kappa shape index (κ3) is 4.28. The van der Waals surface area contributed by atoms with Crippen molar-refractivity contribution in [2.45, 2.75) is 19.1 Å². The summed E-state index contributed by atoms with van der Waals surface area (Å²) in [6.45, 7) is 1.36. The van der Waals surface area contributed by atoms with Gasteiger partial charge in [0, 0.05) is 20.1 Å². The second-order valence-corrected chi connectivity index (χ2v) is 6.79. The van der Waals surface area contributed by atoms with Gasteiger partial charge in [-0.05, 0) is 18.7 Å². The van der Waals surface area contributed by atoms with Crippen molar-refractivity contribution >= 4 is 22.4 Å². The average Bonchev–Trinajstić information content (AvgIpc) is 3.13.